The van der Waals surface area contributed by atoms with Crippen LogP contribution in [0.1, 0.15) is 0 Å². The van der Waals surface area contributed by atoms with Crippen LogP contribution >= 0.6 is 11.5 Å². The number of sulfonamides is 1. The Balaban J connectivity index is 1.57. The maximum absolute atomic E-state index is 13.8. The lowest BCUT2D eigenvalue weighted by Gasteiger charge is -2.21. The maximum atomic E-state index is 13.8. The van der Waals surface area contributed by atoms with Crippen molar-refractivity contribution < 1.29 is 44.7 Å². The highest BCUT2D eigenvalue weighted by molar-refractivity contribution is 7.92. The van der Waals surface area contributed by atoms with Crippen molar-refractivity contribution in [3.05, 3.63) is 89.9 Å². The molecule has 2 aromatic heterocycles. The molecule has 0 atom stereocenters. The van der Waals surface area contributed by atoms with Crippen molar-refractivity contribution in [2.45, 2.75) is 11.1 Å². The number of fused-ring (bicyclic) bond motifs is 1. The number of hydrogen-bond donors (Lipinski definition) is 0. The number of benzene rings is 3. The highest BCUT2D eigenvalue weighted by atomic mass is 32.2. The predicted octanol–water partition coefficient (Wildman–Crippen LogP) is 6.53. The molecule has 15 heteroatoms. The molecule has 0 aliphatic carbocycles. The lowest BCUT2D eigenvalue weighted by Crippen LogP contribution is -2.38. The molecule has 0 unspecified atom stereocenters. The second-order valence-electron chi connectivity index (χ2n) is 8.58. The average Bonchev–Trinajstić information content (AvgIpc) is 3.48. The minimum atomic E-state index is -5.47. The van der Waals surface area contributed by atoms with Crippen LogP contribution in [0.2, 0.25) is 0 Å². The van der Waals surface area contributed by atoms with Gasteiger partial charge in [-0.15, -0.1) is 0 Å². The van der Waals surface area contributed by atoms with Gasteiger partial charge in [0.05, 0.1) is 17.7 Å². The molecule has 0 radical (unpaired) electrons. The summed E-state index contributed by atoms with van der Waals surface area (Å²) in [4.78, 5) is 19.7. The van der Waals surface area contributed by atoms with Gasteiger partial charge in [-0.25, -0.2) is 13.6 Å². The molecule has 0 fully saturated rings. The number of methoxy groups -OCH3 is 1. The lowest BCUT2D eigenvalue weighted by atomic mass is 9.99. The van der Waals surface area contributed by atoms with Crippen LogP contribution < -0.4 is 9.21 Å². The van der Waals surface area contributed by atoms with Crippen LogP contribution in [0.15, 0.2) is 83.2 Å². The summed E-state index contributed by atoms with van der Waals surface area (Å²) < 4.78 is 102. The van der Waals surface area contributed by atoms with Crippen LogP contribution in [-0.2, 0) is 19.7 Å². The van der Waals surface area contributed by atoms with Crippen molar-refractivity contribution in [2.24, 2.45) is 0 Å². The number of aromatic nitrogens is 2. The van der Waals surface area contributed by atoms with Gasteiger partial charge in [0.2, 0.25) is 0 Å². The van der Waals surface area contributed by atoms with E-state index in [-0.39, 0.29) is 10.0 Å². The molecule has 0 spiro atoms. The zero-order valence-electron chi connectivity index (χ0n) is 21.1. The Labute approximate surface area is 238 Å². The Morgan fingerprint density at radius 3 is 2.31 bits per heavy atom. The van der Waals surface area contributed by atoms with Crippen molar-refractivity contribution in [1.82, 2.24) is 9.36 Å². The molecule has 8 nitrogen and oxygen atoms in total. The molecule has 3 aromatic carbocycles. The summed E-state index contributed by atoms with van der Waals surface area (Å²) in [6.07, 6.45) is -4.09. The second-order valence-corrected chi connectivity index (χ2v) is 11.0. The average molecular weight is 622 g/mol. The van der Waals surface area contributed by atoms with Gasteiger partial charge in [0.1, 0.15) is 17.4 Å². The first-order valence-electron chi connectivity index (χ1n) is 11.7. The van der Waals surface area contributed by atoms with E-state index in [9.17, 15) is 35.2 Å². The van der Waals surface area contributed by atoms with Crippen LogP contribution in [0.5, 0.6) is 5.75 Å². The fourth-order valence-electron chi connectivity index (χ4n) is 4.06. The number of hydrogen-bond acceptors (Lipinski definition) is 8. The molecule has 2 heterocycles. The topological polar surface area (TPSA) is 98.7 Å². The van der Waals surface area contributed by atoms with E-state index in [1.165, 1.54) is 36.9 Å². The molecule has 5 aromatic rings. The summed E-state index contributed by atoms with van der Waals surface area (Å²) in [6, 6.07) is 14.1. The van der Waals surface area contributed by atoms with Gasteiger partial charge in [0.25, 0.3) is 10.0 Å². The first kappa shape index (κ1) is 28.9. The molecule has 42 heavy (non-hydrogen) atoms. The minimum Gasteiger partial charge on any atom is -0.496 e. The molecule has 216 valence electrons. The minimum absolute atomic E-state index is 0.181. The molecule has 0 saturated heterocycles. The van der Waals surface area contributed by atoms with Crippen LogP contribution in [0.3, 0.4) is 0 Å². The van der Waals surface area contributed by atoms with Crippen LogP contribution in [0.4, 0.5) is 27.8 Å². The SMILES string of the molecule is COc1cc(-c2cc(F)cc(F)c2)ccc1-c1nccc2cc(S(=O)(=O)N(OC(=O)C(F)(F)F)c3ccsn3)ccc12. The molecule has 0 N–H and O–H groups in total. The van der Waals surface area contributed by atoms with Crippen LogP contribution in [0.25, 0.3) is 33.2 Å². The number of alkyl halides is 3. The third kappa shape index (κ3) is 5.60. The molecule has 0 aliphatic rings. The quantitative estimate of drug-likeness (QED) is 0.151. The normalized spacial score (nSPS) is 11.9. The standard InChI is InChI=1S/C27H16F5N3O5S2/c1-39-23-13-15(17-10-18(28)14-19(29)11-17)2-4-22(23)25-21-5-3-20(12-16(21)6-8-33-25)42(37,38)35(24-7-9-41-34-24)40-26(36)27(30,31)32/h2-14H,1H3. The Hall–Kier alpha value is -4.63. The summed E-state index contributed by atoms with van der Waals surface area (Å²) in [7, 11) is -3.49. The Bertz CT molecular complexity index is 1900. The number of anilines is 1. The largest absolute Gasteiger partial charge is 0.496 e. The molecule has 0 saturated carbocycles. The van der Waals surface area contributed by atoms with E-state index < -0.39 is 44.5 Å². The van der Waals surface area contributed by atoms with E-state index in [0.717, 1.165) is 41.9 Å². The number of ether oxygens (including phenoxy) is 1. The van der Waals surface area contributed by atoms with Gasteiger partial charge >= 0.3 is 12.1 Å². The molecular weight excluding hydrogens is 605 g/mol. The summed E-state index contributed by atoms with van der Waals surface area (Å²) in [5.41, 5.74) is 1.54. The summed E-state index contributed by atoms with van der Waals surface area (Å²) in [5, 5.41) is 2.05. The zero-order chi connectivity index (χ0) is 30.2. The number of carbonyl (C=O) groups is 1. The zero-order valence-corrected chi connectivity index (χ0v) is 22.7. The molecule has 5 rings (SSSR count). The number of pyridine rings is 1. The highest BCUT2D eigenvalue weighted by Gasteiger charge is 2.45. The Morgan fingerprint density at radius 2 is 1.67 bits per heavy atom. The van der Waals surface area contributed by atoms with E-state index in [4.69, 9.17) is 4.74 Å². The number of carbonyl (C=O) groups excluding carboxylic acids is 1. The van der Waals surface area contributed by atoms with Crippen molar-refractivity contribution in [3.63, 3.8) is 0 Å². The Kier molecular flexibility index (Phi) is 7.55. The van der Waals surface area contributed by atoms with Gasteiger partial charge in [0, 0.05) is 28.6 Å². The van der Waals surface area contributed by atoms with Crippen LogP contribution in [-0.4, -0.2) is 37.0 Å². The van der Waals surface area contributed by atoms with Crippen LogP contribution in [0, 0.1) is 11.6 Å². The summed E-state index contributed by atoms with van der Waals surface area (Å²) in [6.45, 7) is 0. The Morgan fingerprint density at radius 1 is 0.929 bits per heavy atom. The molecular formula is C27H16F5N3O5S2. The van der Waals surface area contributed by atoms with Gasteiger partial charge in [-0.3, -0.25) is 4.98 Å². The highest BCUT2D eigenvalue weighted by Crippen LogP contribution is 2.38. The van der Waals surface area contributed by atoms with Gasteiger partial charge in [-0.2, -0.15) is 26.0 Å². The number of halogens is 5. The van der Waals surface area contributed by atoms with Gasteiger partial charge in [0.15, 0.2) is 5.82 Å². The lowest BCUT2D eigenvalue weighted by molar-refractivity contribution is -0.199. The van der Waals surface area contributed by atoms with Crippen molar-refractivity contribution in [2.75, 3.05) is 11.6 Å². The van der Waals surface area contributed by atoms with Crippen molar-refractivity contribution >= 4 is 44.1 Å². The van der Waals surface area contributed by atoms with E-state index in [1.807, 2.05) is 0 Å². The first-order valence-corrected chi connectivity index (χ1v) is 13.9. The van der Waals surface area contributed by atoms with E-state index in [0.29, 0.717) is 33.3 Å². The van der Waals surface area contributed by atoms with Crippen molar-refractivity contribution in [1.29, 1.82) is 0 Å². The fourth-order valence-corrected chi connectivity index (χ4v) is 5.82. The van der Waals surface area contributed by atoms with Gasteiger partial charge in [-0.1, -0.05) is 16.6 Å². The third-order valence-electron chi connectivity index (χ3n) is 5.91. The second kappa shape index (κ2) is 11.0. The fraction of sp³-hybridized carbons (Fsp3) is 0.0741. The smallest absolute Gasteiger partial charge is 0.493 e. The van der Waals surface area contributed by atoms with Crippen molar-refractivity contribution in [3.8, 4) is 28.1 Å². The summed E-state index contributed by atoms with van der Waals surface area (Å²) in [5.74, 6) is -4.51. The third-order valence-corrected chi connectivity index (χ3v) is 8.01. The molecule has 0 amide bonds. The van der Waals surface area contributed by atoms with E-state index in [2.05, 4.69) is 14.2 Å². The predicted molar refractivity (Wildman–Crippen MR) is 143 cm³/mol. The van der Waals surface area contributed by atoms with E-state index in [1.54, 1.807) is 18.2 Å². The molecule has 0 aliphatic heterocycles. The number of rotatable bonds is 7. The van der Waals surface area contributed by atoms with Gasteiger partial charge in [-0.05, 0) is 76.6 Å². The van der Waals surface area contributed by atoms with Gasteiger partial charge < -0.3 is 9.57 Å². The maximum Gasteiger partial charge on any atom is 0.493 e. The summed E-state index contributed by atoms with van der Waals surface area (Å²) >= 11 is 0.734. The van der Waals surface area contributed by atoms with E-state index >= 15 is 0 Å². The first-order chi connectivity index (χ1) is 19.9. The molecule has 0 bridgehead atoms. The number of nitrogens with zero attached hydrogens (tertiary/aromatic N) is 3. The monoisotopic (exact) mass is 621 g/mol.